The van der Waals surface area contributed by atoms with E-state index >= 15 is 0 Å². The predicted molar refractivity (Wildman–Crippen MR) is 55.9 cm³/mol. The van der Waals surface area contributed by atoms with Gasteiger partial charge in [-0.25, -0.2) is 0 Å². The van der Waals surface area contributed by atoms with Gasteiger partial charge in [0, 0.05) is 6.20 Å². The Balaban J connectivity index is 2.33. The van der Waals surface area contributed by atoms with Crippen molar-refractivity contribution in [1.29, 1.82) is 0 Å². The summed E-state index contributed by atoms with van der Waals surface area (Å²) in [5, 5.41) is 3.88. The Morgan fingerprint density at radius 2 is 2.40 bits per heavy atom. The van der Waals surface area contributed by atoms with E-state index in [4.69, 9.17) is 10.3 Å². The van der Waals surface area contributed by atoms with Crippen LogP contribution in [-0.2, 0) is 5.54 Å². The molecule has 80 valence electrons. The summed E-state index contributed by atoms with van der Waals surface area (Å²) in [7, 11) is 0. The van der Waals surface area contributed by atoms with Crippen molar-refractivity contribution in [3.63, 3.8) is 0 Å². The van der Waals surface area contributed by atoms with Gasteiger partial charge in [-0.2, -0.15) is 4.98 Å². The number of rotatable bonds is 3. The largest absolute Gasteiger partial charge is 0.359 e. The summed E-state index contributed by atoms with van der Waals surface area (Å²) in [6.45, 7) is 3.86. The van der Waals surface area contributed by atoms with E-state index in [9.17, 15) is 0 Å². The summed E-state index contributed by atoms with van der Waals surface area (Å²) in [6.07, 6.45) is 2.56. The summed E-state index contributed by atoms with van der Waals surface area (Å²) in [6, 6.07) is 3.77. The van der Waals surface area contributed by atoms with Crippen molar-refractivity contribution in [3.05, 3.63) is 24.2 Å². The lowest BCUT2D eigenvalue weighted by atomic mass is 10.0. The van der Waals surface area contributed by atoms with Crippen molar-refractivity contribution in [1.82, 2.24) is 15.1 Å². The number of aromatic amines is 1. The number of aromatic nitrogens is 3. The van der Waals surface area contributed by atoms with Crippen LogP contribution in [0.5, 0.6) is 0 Å². The van der Waals surface area contributed by atoms with Crippen LogP contribution in [0.15, 0.2) is 22.9 Å². The van der Waals surface area contributed by atoms with Gasteiger partial charge in [0.2, 0.25) is 11.7 Å². The van der Waals surface area contributed by atoms with Crippen LogP contribution in [0, 0.1) is 0 Å². The van der Waals surface area contributed by atoms with Crippen LogP contribution in [0.3, 0.4) is 0 Å². The molecule has 0 aromatic carbocycles. The van der Waals surface area contributed by atoms with E-state index < -0.39 is 5.54 Å². The molecule has 2 heterocycles. The summed E-state index contributed by atoms with van der Waals surface area (Å²) >= 11 is 0. The molecule has 5 heteroatoms. The fraction of sp³-hybridized carbons (Fsp3) is 0.400. The fourth-order valence-corrected chi connectivity index (χ4v) is 1.19. The van der Waals surface area contributed by atoms with Gasteiger partial charge in [0.05, 0.1) is 11.2 Å². The summed E-state index contributed by atoms with van der Waals surface area (Å²) in [5.41, 5.74) is 6.27. The third-order valence-electron chi connectivity index (χ3n) is 2.49. The molecule has 0 amide bonds. The summed E-state index contributed by atoms with van der Waals surface area (Å²) in [4.78, 5) is 7.27. The van der Waals surface area contributed by atoms with Crippen LogP contribution in [0.25, 0.3) is 11.5 Å². The van der Waals surface area contributed by atoms with E-state index in [1.54, 1.807) is 0 Å². The lowest BCUT2D eigenvalue weighted by Gasteiger charge is -2.16. The number of nitrogens with zero attached hydrogens (tertiary/aromatic N) is 2. The van der Waals surface area contributed by atoms with Crippen LogP contribution < -0.4 is 5.73 Å². The molecule has 0 bridgehead atoms. The first kappa shape index (κ1) is 9.92. The molecule has 0 radical (unpaired) electrons. The van der Waals surface area contributed by atoms with Crippen LogP contribution in [0.2, 0.25) is 0 Å². The van der Waals surface area contributed by atoms with Crippen molar-refractivity contribution in [2.45, 2.75) is 25.8 Å². The SMILES string of the molecule is CCC(C)(N)c1nc(-c2ccc[nH]2)no1. The second-order valence-electron chi connectivity index (χ2n) is 3.78. The molecule has 2 aromatic rings. The third-order valence-corrected chi connectivity index (χ3v) is 2.49. The topological polar surface area (TPSA) is 80.7 Å². The zero-order chi connectivity index (χ0) is 10.9. The van der Waals surface area contributed by atoms with Crippen LogP contribution in [0.4, 0.5) is 0 Å². The Kier molecular flexibility index (Phi) is 2.32. The molecular formula is C10H14N4O. The minimum Gasteiger partial charge on any atom is -0.359 e. The quantitative estimate of drug-likeness (QED) is 0.800. The van der Waals surface area contributed by atoms with E-state index in [1.165, 1.54) is 0 Å². The maximum absolute atomic E-state index is 6.00. The van der Waals surface area contributed by atoms with E-state index in [2.05, 4.69) is 15.1 Å². The maximum atomic E-state index is 6.00. The first-order chi connectivity index (χ1) is 7.13. The molecule has 0 spiro atoms. The smallest absolute Gasteiger partial charge is 0.246 e. The molecule has 1 atom stereocenters. The highest BCUT2D eigenvalue weighted by Gasteiger charge is 2.26. The second-order valence-corrected chi connectivity index (χ2v) is 3.78. The average Bonchev–Trinajstić information content (AvgIpc) is 2.88. The molecule has 2 rings (SSSR count). The van der Waals surface area contributed by atoms with E-state index in [0.29, 0.717) is 11.7 Å². The van der Waals surface area contributed by atoms with E-state index in [1.807, 2.05) is 32.2 Å². The van der Waals surface area contributed by atoms with Gasteiger partial charge in [-0.05, 0) is 25.5 Å². The lowest BCUT2D eigenvalue weighted by Crippen LogP contribution is -2.32. The molecule has 5 nitrogen and oxygen atoms in total. The Bertz CT molecular complexity index is 430. The van der Waals surface area contributed by atoms with Crippen LogP contribution >= 0.6 is 0 Å². The molecular weight excluding hydrogens is 192 g/mol. The van der Waals surface area contributed by atoms with Gasteiger partial charge in [0.25, 0.3) is 0 Å². The van der Waals surface area contributed by atoms with Crippen molar-refractivity contribution in [2.75, 3.05) is 0 Å². The van der Waals surface area contributed by atoms with Crippen molar-refractivity contribution >= 4 is 0 Å². The van der Waals surface area contributed by atoms with Gasteiger partial charge >= 0.3 is 0 Å². The number of hydrogen-bond donors (Lipinski definition) is 2. The van der Waals surface area contributed by atoms with Gasteiger partial charge in [0.15, 0.2) is 0 Å². The van der Waals surface area contributed by atoms with E-state index in [0.717, 1.165) is 12.1 Å². The standard InChI is InChI=1S/C10H14N4O/c1-3-10(2,11)9-13-8(14-15-9)7-5-4-6-12-7/h4-6,12H,3,11H2,1-2H3. The fourth-order valence-electron chi connectivity index (χ4n) is 1.19. The van der Waals surface area contributed by atoms with Crippen LogP contribution in [-0.4, -0.2) is 15.1 Å². The molecule has 0 fully saturated rings. The zero-order valence-electron chi connectivity index (χ0n) is 8.82. The molecule has 0 aliphatic carbocycles. The molecule has 0 aliphatic heterocycles. The maximum Gasteiger partial charge on any atom is 0.246 e. The molecule has 0 aliphatic rings. The summed E-state index contributed by atoms with van der Waals surface area (Å²) < 4.78 is 5.14. The highest BCUT2D eigenvalue weighted by atomic mass is 16.5. The van der Waals surface area contributed by atoms with Gasteiger partial charge in [0.1, 0.15) is 0 Å². The average molecular weight is 206 g/mol. The van der Waals surface area contributed by atoms with Gasteiger partial charge in [-0.15, -0.1) is 0 Å². The number of hydrogen-bond acceptors (Lipinski definition) is 4. The van der Waals surface area contributed by atoms with Crippen molar-refractivity contribution in [2.24, 2.45) is 5.73 Å². The predicted octanol–water partition coefficient (Wildman–Crippen LogP) is 1.65. The second kappa shape index (κ2) is 3.51. The molecule has 15 heavy (non-hydrogen) atoms. The van der Waals surface area contributed by atoms with Crippen molar-refractivity contribution in [3.8, 4) is 11.5 Å². The summed E-state index contributed by atoms with van der Waals surface area (Å²) in [5.74, 6) is 1.01. The Morgan fingerprint density at radius 1 is 1.60 bits per heavy atom. The highest BCUT2D eigenvalue weighted by molar-refractivity contribution is 5.47. The highest BCUT2D eigenvalue weighted by Crippen LogP contribution is 2.22. The minimum absolute atomic E-state index is 0.467. The minimum atomic E-state index is -0.558. The molecule has 3 N–H and O–H groups in total. The van der Waals surface area contributed by atoms with Gasteiger partial charge in [-0.3, -0.25) is 0 Å². The first-order valence-electron chi connectivity index (χ1n) is 4.90. The lowest BCUT2D eigenvalue weighted by molar-refractivity contribution is 0.291. The molecule has 1 unspecified atom stereocenters. The van der Waals surface area contributed by atoms with E-state index in [-0.39, 0.29) is 0 Å². The first-order valence-corrected chi connectivity index (χ1v) is 4.90. The number of nitrogens with two attached hydrogens (primary N) is 1. The van der Waals surface area contributed by atoms with Gasteiger partial charge < -0.3 is 15.2 Å². The molecule has 0 saturated heterocycles. The Labute approximate surface area is 87.7 Å². The van der Waals surface area contributed by atoms with Gasteiger partial charge in [-0.1, -0.05) is 12.1 Å². The third kappa shape index (κ3) is 1.78. The zero-order valence-corrected chi connectivity index (χ0v) is 8.82. The van der Waals surface area contributed by atoms with Crippen LogP contribution in [0.1, 0.15) is 26.2 Å². The number of H-pyrrole nitrogens is 1. The Hall–Kier alpha value is -1.62. The Morgan fingerprint density at radius 3 is 3.00 bits per heavy atom. The molecule has 2 aromatic heterocycles. The molecule has 0 saturated carbocycles. The monoisotopic (exact) mass is 206 g/mol. The normalized spacial score (nSPS) is 15.1. The number of nitrogens with one attached hydrogen (secondary N) is 1. The van der Waals surface area contributed by atoms with Crippen molar-refractivity contribution < 1.29 is 4.52 Å².